The second kappa shape index (κ2) is 7.33. The Balaban J connectivity index is 3.53. The van der Waals surface area contributed by atoms with E-state index in [4.69, 9.17) is 11.6 Å². The molecule has 5 heteroatoms. The molecule has 0 fully saturated rings. The fraction of sp³-hybridized carbons (Fsp3) is 0.875. The number of halogens is 1. The summed E-state index contributed by atoms with van der Waals surface area (Å²) >= 11 is 5.49. The summed E-state index contributed by atoms with van der Waals surface area (Å²) in [5, 5.41) is 2.68. The zero-order valence-electron chi connectivity index (χ0n) is 8.01. The molecule has 0 aliphatic heterocycles. The minimum Gasteiger partial charge on any atom is -0.355 e. The van der Waals surface area contributed by atoms with Gasteiger partial charge in [0.25, 0.3) is 0 Å². The SMILES string of the molecule is CCS(=O)CCNC(=O)C(C)CCl. The quantitative estimate of drug-likeness (QED) is 0.678. The lowest BCUT2D eigenvalue weighted by Crippen LogP contribution is -2.33. The lowest BCUT2D eigenvalue weighted by molar-refractivity contribution is -0.123. The van der Waals surface area contributed by atoms with Crippen LogP contribution in [0.3, 0.4) is 0 Å². The van der Waals surface area contributed by atoms with Crippen molar-refractivity contribution in [3.8, 4) is 0 Å². The van der Waals surface area contributed by atoms with Gasteiger partial charge in [-0.05, 0) is 0 Å². The Morgan fingerprint density at radius 1 is 1.62 bits per heavy atom. The van der Waals surface area contributed by atoms with Gasteiger partial charge in [0.2, 0.25) is 5.91 Å². The van der Waals surface area contributed by atoms with Crippen molar-refractivity contribution in [2.75, 3.05) is 23.9 Å². The molecule has 0 saturated carbocycles. The van der Waals surface area contributed by atoms with E-state index < -0.39 is 10.8 Å². The molecule has 0 rings (SSSR count). The van der Waals surface area contributed by atoms with Gasteiger partial charge in [0.1, 0.15) is 0 Å². The van der Waals surface area contributed by atoms with Gasteiger partial charge >= 0.3 is 0 Å². The van der Waals surface area contributed by atoms with E-state index in [1.54, 1.807) is 6.92 Å². The summed E-state index contributed by atoms with van der Waals surface area (Å²) in [7, 11) is -0.806. The third-order valence-electron chi connectivity index (χ3n) is 1.63. The number of amides is 1. The van der Waals surface area contributed by atoms with Crippen LogP contribution >= 0.6 is 11.6 Å². The highest BCUT2D eigenvalue weighted by molar-refractivity contribution is 7.84. The zero-order valence-corrected chi connectivity index (χ0v) is 9.58. The Morgan fingerprint density at radius 3 is 2.69 bits per heavy atom. The van der Waals surface area contributed by atoms with E-state index in [1.807, 2.05) is 6.92 Å². The largest absolute Gasteiger partial charge is 0.355 e. The second-order valence-corrected chi connectivity index (χ2v) is 4.95. The van der Waals surface area contributed by atoms with Crippen molar-refractivity contribution in [3.05, 3.63) is 0 Å². The van der Waals surface area contributed by atoms with Gasteiger partial charge in [-0.2, -0.15) is 0 Å². The molecule has 0 aromatic heterocycles. The Kier molecular flexibility index (Phi) is 7.28. The molecule has 13 heavy (non-hydrogen) atoms. The molecule has 2 unspecified atom stereocenters. The van der Waals surface area contributed by atoms with Crippen LogP contribution in [0.4, 0.5) is 0 Å². The molecule has 0 spiro atoms. The molecule has 0 saturated heterocycles. The Morgan fingerprint density at radius 2 is 2.23 bits per heavy atom. The van der Waals surface area contributed by atoms with E-state index in [1.165, 1.54) is 0 Å². The van der Waals surface area contributed by atoms with Crippen molar-refractivity contribution in [3.63, 3.8) is 0 Å². The number of hydrogen-bond acceptors (Lipinski definition) is 2. The molecule has 0 aliphatic carbocycles. The maximum absolute atomic E-state index is 11.1. The molecule has 1 N–H and O–H groups in total. The van der Waals surface area contributed by atoms with Crippen molar-refractivity contribution < 1.29 is 9.00 Å². The van der Waals surface area contributed by atoms with E-state index in [-0.39, 0.29) is 11.8 Å². The monoisotopic (exact) mass is 225 g/mol. The summed E-state index contributed by atoms with van der Waals surface area (Å²) in [6.45, 7) is 4.10. The van der Waals surface area contributed by atoms with Crippen molar-refractivity contribution in [1.82, 2.24) is 5.32 Å². The number of carbonyl (C=O) groups is 1. The van der Waals surface area contributed by atoms with Gasteiger partial charge in [-0.25, -0.2) is 0 Å². The molecule has 3 nitrogen and oxygen atoms in total. The van der Waals surface area contributed by atoms with Crippen molar-refractivity contribution in [1.29, 1.82) is 0 Å². The minimum absolute atomic E-state index is 0.0666. The van der Waals surface area contributed by atoms with Crippen molar-refractivity contribution in [2.24, 2.45) is 5.92 Å². The Hall–Kier alpha value is -0.0900. The number of nitrogens with one attached hydrogen (secondary N) is 1. The van der Waals surface area contributed by atoms with E-state index in [9.17, 15) is 9.00 Å². The van der Waals surface area contributed by atoms with Gasteiger partial charge in [-0.1, -0.05) is 13.8 Å². The number of carbonyl (C=O) groups excluding carboxylic acids is 1. The van der Waals surface area contributed by atoms with Crippen molar-refractivity contribution >= 4 is 28.3 Å². The molecule has 0 bridgehead atoms. The average molecular weight is 226 g/mol. The smallest absolute Gasteiger partial charge is 0.224 e. The summed E-state index contributed by atoms with van der Waals surface area (Å²) in [5.74, 6) is 1.25. The number of rotatable bonds is 6. The topological polar surface area (TPSA) is 46.2 Å². The molecule has 0 aromatic carbocycles. The number of hydrogen-bond donors (Lipinski definition) is 1. The highest BCUT2D eigenvalue weighted by atomic mass is 35.5. The highest BCUT2D eigenvalue weighted by Gasteiger charge is 2.10. The Bertz CT molecular complexity index is 187. The fourth-order valence-corrected chi connectivity index (χ4v) is 1.44. The first-order valence-corrected chi connectivity index (χ1v) is 6.32. The molecular weight excluding hydrogens is 210 g/mol. The van der Waals surface area contributed by atoms with Crippen LogP contribution in [0.15, 0.2) is 0 Å². The van der Waals surface area contributed by atoms with Gasteiger partial charge in [0, 0.05) is 40.6 Å². The van der Waals surface area contributed by atoms with Crippen LogP contribution < -0.4 is 5.32 Å². The van der Waals surface area contributed by atoms with Crippen LogP contribution in [0, 0.1) is 5.92 Å². The van der Waals surface area contributed by atoms with Crippen molar-refractivity contribution in [2.45, 2.75) is 13.8 Å². The third kappa shape index (κ3) is 6.05. The van der Waals surface area contributed by atoms with Gasteiger partial charge in [0.15, 0.2) is 0 Å². The van der Waals surface area contributed by atoms with Gasteiger partial charge in [-0.15, -0.1) is 11.6 Å². The molecular formula is C8H16ClNO2S. The normalized spacial score (nSPS) is 15.0. The first kappa shape index (κ1) is 12.9. The third-order valence-corrected chi connectivity index (χ3v) is 3.40. The molecule has 0 heterocycles. The fourth-order valence-electron chi connectivity index (χ4n) is 0.677. The first-order valence-electron chi connectivity index (χ1n) is 4.30. The van der Waals surface area contributed by atoms with Gasteiger partial charge < -0.3 is 5.32 Å². The summed E-state index contributed by atoms with van der Waals surface area (Å²) in [4.78, 5) is 11.1. The molecule has 0 radical (unpaired) electrons. The van der Waals surface area contributed by atoms with Crippen LogP contribution in [-0.4, -0.2) is 34.0 Å². The Labute approximate surface area is 86.7 Å². The van der Waals surface area contributed by atoms with Gasteiger partial charge in [0.05, 0.1) is 0 Å². The van der Waals surface area contributed by atoms with Crippen LogP contribution in [-0.2, 0) is 15.6 Å². The average Bonchev–Trinajstić information content (AvgIpc) is 2.15. The van der Waals surface area contributed by atoms with Gasteiger partial charge in [-0.3, -0.25) is 9.00 Å². The van der Waals surface area contributed by atoms with E-state index in [0.717, 1.165) is 0 Å². The lowest BCUT2D eigenvalue weighted by atomic mass is 10.2. The predicted molar refractivity (Wildman–Crippen MR) is 56.4 cm³/mol. The lowest BCUT2D eigenvalue weighted by Gasteiger charge is -2.08. The molecule has 0 aliphatic rings. The maximum Gasteiger partial charge on any atom is 0.224 e. The highest BCUT2D eigenvalue weighted by Crippen LogP contribution is 1.96. The molecule has 0 aromatic rings. The molecule has 1 amide bonds. The summed E-state index contributed by atoms with van der Waals surface area (Å²) in [6, 6.07) is 0. The van der Waals surface area contributed by atoms with Crippen LogP contribution in [0.5, 0.6) is 0 Å². The zero-order chi connectivity index (χ0) is 10.3. The first-order chi connectivity index (χ1) is 6.11. The summed E-state index contributed by atoms with van der Waals surface area (Å²) < 4.78 is 11.0. The van der Waals surface area contributed by atoms with E-state index in [0.29, 0.717) is 23.9 Å². The number of alkyl halides is 1. The van der Waals surface area contributed by atoms with Crippen LogP contribution in [0.1, 0.15) is 13.8 Å². The van der Waals surface area contributed by atoms with Crippen LogP contribution in [0.25, 0.3) is 0 Å². The second-order valence-electron chi connectivity index (χ2n) is 2.78. The molecule has 2 atom stereocenters. The van der Waals surface area contributed by atoms with Crippen LogP contribution in [0.2, 0.25) is 0 Å². The predicted octanol–water partition coefficient (Wildman–Crippen LogP) is 0.746. The van der Waals surface area contributed by atoms with E-state index in [2.05, 4.69) is 5.32 Å². The summed E-state index contributed by atoms with van der Waals surface area (Å²) in [6.07, 6.45) is 0. The molecule has 78 valence electrons. The minimum atomic E-state index is -0.806. The standard InChI is InChI=1S/C8H16ClNO2S/c1-3-13(12)5-4-10-8(11)7(2)6-9/h7H,3-6H2,1-2H3,(H,10,11). The van der Waals surface area contributed by atoms with E-state index >= 15 is 0 Å². The maximum atomic E-state index is 11.1. The summed E-state index contributed by atoms with van der Waals surface area (Å²) in [5.41, 5.74) is 0.